The number of hydrogen-bond donors (Lipinski definition) is 0. The number of thiophene rings is 1. The van der Waals surface area contributed by atoms with E-state index in [1.165, 1.54) is 0 Å². The molecule has 0 unspecified atom stereocenters. The van der Waals surface area contributed by atoms with Crippen molar-refractivity contribution in [3.63, 3.8) is 0 Å². The van der Waals surface area contributed by atoms with Gasteiger partial charge >= 0.3 is 0 Å². The number of likely N-dealkylation sites (N-methyl/N-ethyl adjacent to an activating group) is 1. The van der Waals surface area contributed by atoms with E-state index in [-0.39, 0.29) is 12.5 Å². The fourth-order valence-corrected chi connectivity index (χ4v) is 3.72. The molecule has 0 N–H and O–H groups in total. The number of pyridine rings is 1. The smallest absolute Gasteiger partial charge is 0.260 e. The maximum atomic E-state index is 12.3. The van der Waals surface area contributed by atoms with E-state index in [4.69, 9.17) is 27.9 Å². The molecule has 130 valence electrons. The van der Waals surface area contributed by atoms with E-state index in [9.17, 15) is 4.79 Å². The van der Waals surface area contributed by atoms with E-state index in [2.05, 4.69) is 4.98 Å². The lowest BCUT2D eigenvalue weighted by Gasteiger charge is -2.17. The van der Waals surface area contributed by atoms with Gasteiger partial charge in [0.2, 0.25) is 0 Å². The Morgan fingerprint density at radius 2 is 2.08 bits per heavy atom. The second kappa shape index (κ2) is 7.60. The lowest BCUT2D eigenvalue weighted by molar-refractivity contribution is -0.132. The molecule has 1 amide bonds. The van der Waals surface area contributed by atoms with E-state index in [0.717, 1.165) is 16.0 Å². The summed E-state index contributed by atoms with van der Waals surface area (Å²) < 4.78 is 5.72. The molecule has 2 aromatic heterocycles. The van der Waals surface area contributed by atoms with Crippen LogP contribution >= 0.6 is 34.5 Å². The largest absolute Gasteiger partial charge is 0.480 e. The van der Waals surface area contributed by atoms with Crippen LogP contribution in [-0.2, 0) is 11.3 Å². The summed E-state index contributed by atoms with van der Waals surface area (Å²) in [4.78, 5) is 19.5. The van der Waals surface area contributed by atoms with Crippen LogP contribution < -0.4 is 4.74 Å². The van der Waals surface area contributed by atoms with Crippen molar-refractivity contribution < 1.29 is 9.53 Å². The molecule has 4 nitrogen and oxygen atoms in total. The number of carbonyl (C=O) groups excluding carboxylic acids is 1. The monoisotopic (exact) mass is 394 g/mol. The molecule has 0 radical (unpaired) electrons. The first-order valence-electron chi connectivity index (χ1n) is 7.60. The van der Waals surface area contributed by atoms with Gasteiger partial charge in [0, 0.05) is 23.0 Å². The number of hydrogen-bond acceptors (Lipinski definition) is 4. The molecule has 0 saturated heterocycles. The Balaban J connectivity index is 1.78. The Labute approximate surface area is 159 Å². The molecule has 0 spiro atoms. The number of nitrogens with zero attached hydrogens (tertiary/aromatic N) is 2. The van der Waals surface area contributed by atoms with E-state index >= 15 is 0 Å². The van der Waals surface area contributed by atoms with Gasteiger partial charge in [0.1, 0.15) is 5.52 Å². The van der Waals surface area contributed by atoms with Gasteiger partial charge in [0.15, 0.2) is 12.4 Å². The van der Waals surface area contributed by atoms with Gasteiger partial charge in [0.05, 0.1) is 16.6 Å². The van der Waals surface area contributed by atoms with Crippen LogP contribution in [0, 0.1) is 6.92 Å². The summed E-state index contributed by atoms with van der Waals surface area (Å²) in [5.41, 5.74) is 1.38. The van der Waals surface area contributed by atoms with Gasteiger partial charge in [-0.05, 0) is 36.6 Å². The van der Waals surface area contributed by atoms with E-state index in [0.29, 0.717) is 27.9 Å². The summed E-state index contributed by atoms with van der Waals surface area (Å²) >= 11 is 14.1. The molecular weight excluding hydrogens is 379 g/mol. The van der Waals surface area contributed by atoms with Crippen LogP contribution in [0.3, 0.4) is 0 Å². The van der Waals surface area contributed by atoms with E-state index in [1.807, 2.05) is 36.6 Å². The molecular formula is C18H16Cl2N2O2S. The highest BCUT2D eigenvalue weighted by atomic mass is 35.5. The molecule has 0 aliphatic heterocycles. The van der Waals surface area contributed by atoms with Gasteiger partial charge < -0.3 is 9.64 Å². The zero-order valence-electron chi connectivity index (χ0n) is 13.8. The Bertz CT molecular complexity index is 913. The topological polar surface area (TPSA) is 42.4 Å². The van der Waals surface area contributed by atoms with Crippen LogP contribution in [0.1, 0.15) is 10.6 Å². The molecule has 1 aromatic carbocycles. The SMILES string of the molecule is Cc1ccc2c(Cl)cc(Cl)c(OCC(=O)N(C)Cc3cccs3)c2n1. The third kappa shape index (κ3) is 4.06. The Morgan fingerprint density at radius 1 is 1.28 bits per heavy atom. The average molecular weight is 395 g/mol. The first kappa shape index (κ1) is 18.0. The number of carbonyl (C=O) groups is 1. The Kier molecular flexibility index (Phi) is 5.47. The van der Waals surface area contributed by atoms with Crippen molar-refractivity contribution in [2.45, 2.75) is 13.5 Å². The summed E-state index contributed by atoms with van der Waals surface area (Å²) in [5.74, 6) is 0.239. The molecule has 0 saturated carbocycles. The fraction of sp³-hybridized carbons (Fsp3) is 0.222. The van der Waals surface area contributed by atoms with Crippen molar-refractivity contribution >= 4 is 51.3 Å². The van der Waals surface area contributed by atoms with Crippen molar-refractivity contribution in [1.82, 2.24) is 9.88 Å². The van der Waals surface area contributed by atoms with Crippen LogP contribution in [0.15, 0.2) is 35.7 Å². The number of fused-ring (bicyclic) bond motifs is 1. The van der Waals surface area contributed by atoms with Crippen molar-refractivity contribution in [1.29, 1.82) is 0 Å². The van der Waals surface area contributed by atoms with Crippen molar-refractivity contribution in [3.05, 3.63) is 56.3 Å². The second-order valence-corrected chi connectivity index (χ2v) is 7.48. The Morgan fingerprint density at radius 3 is 2.80 bits per heavy atom. The highest BCUT2D eigenvalue weighted by Crippen LogP contribution is 2.37. The number of aromatic nitrogens is 1. The maximum Gasteiger partial charge on any atom is 0.260 e. The third-order valence-corrected chi connectivity index (χ3v) is 5.17. The minimum absolute atomic E-state index is 0.117. The number of ether oxygens (including phenoxy) is 1. The molecule has 0 atom stereocenters. The minimum Gasteiger partial charge on any atom is -0.480 e. The standard InChI is InChI=1S/C18H16Cl2N2O2S/c1-11-5-6-13-14(19)8-15(20)18(17(13)21-11)24-10-16(23)22(2)9-12-4-3-7-25-12/h3-8H,9-10H2,1-2H3. The van der Waals surface area contributed by atoms with Crippen LogP contribution in [-0.4, -0.2) is 29.4 Å². The third-order valence-electron chi connectivity index (χ3n) is 3.72. The van der Waals surface area contributed by atoms with Gasteiger partial charge in [-0.15, -0.1) is 11.3 Å². The fourth-order valence-electron chi connectivity index (χ4n) is 2.40. The maximum absolute atomic E-state index is 12.3. The number of benzene rings is 1. The van der Waals surface area contributed by atoms with Crippen LogP contribution in [0.4, 0.5) is 0 Å². The molecule has 3 aromatic rings. The zero-order chi connectivity index (χ0) is 18.0. The molecule has 0 fully saturated rings. The van der Waals surface area contributed by atoms with Crippen LogP contribution in [0.5, 0.6) is 5.75 Å². The predicted molar refractivity (Wildman–Crippen MR) is 103 cm³/mol. The zero-order valence-corrected chi connectivity index (χ0v) is 16.1. The van der Waals surface area contributed by atoms with Gasteiger partial charge in [-0.1, -0.05) is 29.3 Å². The van der Waals surface area contributed by atoms with Gasteiger partial charge in [-0.25, -0.2) is 4.98 Å². The van der Waals surface area contributed by atoms with Gasteiger partial charge in [0.25, 0.3) is 5.91 Å². The van der Waals surface area contributed by atoms with Crippen LogP contribution in [0.25, 0.3) is 10.9 Å². The van der Waals surface area contributed by atoms with Gasteiger partial charge in [-0.3, -0.25) is 4.79 Å². The quantitative estimate of drug-likeness (QED) is 0.614. The van der Waals surface area contributed by atoms with Crippen molar-refractivity contribution in [3.8, 4) is 5.75 Å². The first-order chi connectivity index (χ1) is 12.0. The highest BCUT2D eigenvalue weighted by molar-refractivity contribution is 7.09. The normalized spacial score (nSPS) is 10.9. The first-order valence-corrected chi connectivity index (χ1v) is 9.24. The van der Waals surface area contributed by atoms with Gasteiger partial charge in [-0.2, -0.15) is 0 Å². The molecule has 0 bridgehead atoms. The molecule has 25 heavy (non-hydrogen) atoms. The molecule has 3 rings (SSSR count). The number of aryl methyl sites for hydroxylation is 1. The van der Waals surface area contributed by atoms with Crippen molar-refractivity contribution in [2.75, 3.05) is 13.7 Å². The number of amides is 1. The number of halogens is 2. The molecule has 7 heteroatoms. The minimum atomic E-state index is -0.139. The van der Waals surface area contributed by atoms with E-state index < -0.39 is 0 Å². The van der Waals surface area contributed by atoms with Crippen LogP contribution in [0.2, 0.25) is 10.0 Å². The lowest BCUT2D eigenvalue weighted by Crippen LogP contribution is -2.30. The molecule has 0 aliphatic carbocycles. The van der Waals surface area contributed by atoms with E-state index in [1.54, 1.807) is 29.4 Å². The second-order valence-electron chi connectivity index (χ2n) is 5.64. The highest BCUT2D eigenvalue weighted by Gasteiger charge is 2.16. The summed E-state index contributed by atoms with van der Waals surface area (Å²) in [5, 5.41) is 3.56. The molecule has 2 heterocycles. The average Bonchev–Trinajstić information content (AvgIpc) is 3.07. The Hall–Kier alpha value is -1.82. The summed E-state index contributed by atoms with van der Waals surface area (Å²) in [6.07, 6.45) is 0. The lowest BCUT2D eigenvalue weighted by atomic mass is 10.2. The summed E-state index contributed by atoms with van der Waals surface area (Å²) in [7, 11) is 1.75. The summed E-state index contributed by atoms with van der Waals surface area (Å²) in [6.45, 7) is 2.30. The summed E-state index contributed by atoms with van der Waals surface area (Å²) in [6, 6.07) is 9.30. The van der Waals surface area contributed by atoms with Crippen molar-refractivity contribution in [2.24, 2.45) is 0 Å². The predicted octanol–water partition coefficient (Wildman–Crippen LogP) is 4.95. The molecule has 0 aliphatic rings. The number of rotatable bonds is 5.